The van der Waals surface area contributed by atoms with E-state index in [1.807, 2.05) is 0 Å². The van der Waals surface area contributed by atoms with Gasteiger partial charge in [0, 0.05) is 5.56 Å². The Morgan fingerprint density at radius 3 is 2.87 bits per heavy atom. The van der Waals surface area contributed by atoms with Crippen molar-refractivity contribution in [2.24, 2.45) is 0 Å². The summed E-state index contributed by atoms with van der Waals surface area (Å²) in [5.74, 6) is 4.81. The lowest BCUT2D eigenvalue weighted by molar-refractivity contribution is 0.0693. The minimum absolute atomic E-state index is 0.105. The summed E-state index contributed by atoms with van der Waals surface area (Å²) in [5, 5.41) is 9.52. The van der Waals surface area contributed by atoms with Crippen LogP contribution in [0.2, 0.25) is 0 Å². The monoisotopic (exact) mass is 268 g/mol. The maximum atomic E-state index is 11.0. The SMILES string of the molecule is COc1cccc(C#CCBr)c1C(=O)O. The lowest BCUT2D eigenvalue weighted by Crippen LogP contribution is -2.03. The zero-order chi connectivity index (χ0) is 11.3. The van der Waals surface area contributed by atoms with E-state index in [0.29, 0.717) is 16.6 Å². The number of halogens is 1. The summed E-state index contributed by atoms with van der Waals surface area (Å²) >= 11 is 3.15. The zero-order valence-corrected chi connectivity index (χ0v) is 9.67. The van der Waals surface area contributed by atoms with Crippen molar-refractivity contribution in [1.82, 2.24) is 0 Å². The fourth-order valence-corrected chi connectivity index (χ4v) is 1.29. The molecule has 0 aliphatic heterocycles. The molecule has 0 aromatic heterocycles. The Morgan fingerprint density at radius 2 is 2.33 bits per heavy atom. The third-order valence-electron chi connectivity index (χ3n) is 1.75. The highest BCUT2D eigenvalue weighted by atomic mass is 79.9. The maximum absolute atomic E-state index is 11.0. The van der Waals surface area contributed by atoms with Crippen LogP contribution in [0.1, 0.15) is 15.9 Å². The van der Waals surface area contributed by atoms with E-state index >= 15 is 0 Å². The molecule has 0 saturated carbocycles. The molecule has 15 heavy (non-hydrogen) atoms. The summed E-state index contributed by atoms with van der Waals surface area (Å²) in [6.07, 6.45) is 0. The molecular formula is C11H9BrO3. The molecule has 4 heteroatoms. The van der Waals surface area contributed by atoms with Crippen molar-refractivity contribution in [2.75, 3.05) is 12.4 Å². The highest BCUT2D eigenvalue weighted by Crippen LogP contribution is 2.21. The Bertz CT molecular complexity index is 429. The number of carboxylic acids is 1. The van der Waals surface area contributed by atoms with Gasteiger partial charge in [0.05, 0.1) is 12.4 Å². The first kappa shape index (κ1) is 11.6. The summed E-state index contributed by atoms with van der Waals surface area (Å²) in [6.45, 7) is 0. The first-order valence-corrected chi connectivity index (χ1v) is 5.28. The number of benzene rings is 1. The predicted molar refractivity (Wildman–Crippen MR) is 60.6 cm³/mol. The van der Waals surface area contributed by atoms with E-state index in [-0.39, 0.29) is 5.56 Å². The molecule has 1 rings (SSSR count). The lowest BCUT2D eigenvalue weighted by Gasteiger charge is -2.05. The van der Waals surface area contributed by atoms with Gasteiger partial charge in [0.2, 0.25) is 0 Å². The third-order valence-corrected chi connectivity index (χ3v) is 2.03. The van der Waals surface area contributed by atoms with E-state index in [4.69, 9.17) is 9.84 Å². The van der Waals surface area contributed by atoms with Crippen LogP contribution in [-0.4, -0.2) is 23.5 Å². The van der Waals surface area contributed by atoms with E-state index in [9.17, 15) is 4.79 Å². The molecule has 0 aliphatic carbocycles. The van der Waals surface area contributed by atoms with E-state index in [2.05, 4.69) is 27.8 Å². The summed E-state index contributed by atoms with van der Waals surface area (Å²) < 4.78 is 4.97. The molecule has 0 saturated heterocycles. The number of alkyl halides is 1. The minimum atomic E-state index is -1.04. The van der Waals surface area contributed by atoms with Gasteiger partial charge in [-0.25, -0.2) is 4.79 Å². The van der Waals surface area contributed by atoms with Crippen LogP contribution in [0.15, 0.2) is 18.2 Å². The topological polar surface area (TPSA) is 46.5 Å². The third kappa shape index (κ3) is 2.74. The van der Waals surface area contributed by atoms with Gasteiger partial charge >= 0.3 is 5.97 Å². The standard InChI is InChI=1S/C11H9BrO3/c1-15-9-6-2-4-8(5-3-7-12)10(9)11(13)14/h2,4,6H,7H2,1H3,(H,13,14). The average Bonchev–Trinajstić information content (AvgIpc) is 2.25. The molecule has 0 radical (unpaired) electrons. The molecule has 0 heterocycles. The van der Waals surface area contributed by atoms with Crippen molar-refractivity contribution in [1.29, 1.82) is 0 Å². The second kappa shape index (κ2) is 5.42. The maximum Gasteiger partial charge on any atom is 0.340 e. The quantitative estimate of drug-likeness (QED) is 0.661. The van der Waals surface area contributed by atoms with Gasteiger partial charge in [-0.15, -0.1) is 0 Å². The average molecular weight is 269 g/mol. The van der Waals surface area contributed by atoms with Crippen LogP contribution in [-0.2, 0) is 0 Å². The van der Waals surface area contributed by atoms with Crippen LogP contribution in [0.5, 0.6) is 5.75 Å². The van der Waals surface area contributed by atoms with E-state index in [1.165, 1.54) is 7.11 Å². The van der Waals surface area contributed by atoms with Crippen molar-refractivity contribution in [3.8, 4) is 17.6 Å². The fraction of sp³-hybridized carbons (Fsp3) is 0.182. The molecule has 0 atom stereocenters. The first-order chi connectivity index (χ1) is 7.20. The van der Waals surface area contributed by atoms with Gasteiger partial charge in [0.1, 0.15) is 11.3 Å². The predicted octanol–water partition coefficient (Wildman–Crippen LogP) is 2.14. The van der Waals surface area contributed by atoms with Gasteiger partial charge in [-0.05, 0) is 12.1 Å². The van der Waals surface area contributed by atoms with Crippen LogP contribution < -0.4 is 4.74 Å². The molecule has 0 fully saturated rings. The van der Waals surface area contributed by atoms with Crippen LogP contribution in [0.4, 0.5) is 0 Å². The number of ether oxygens (including phenoxy) is 1. The number of methoxy groups -OCH3 is 1. The molecular weight excluding hydrogens is 260 g/mol. The Kier molecular flexibility index (Phi) is 4.19. The zero-order valence-electron chi connectivity index (χ0n) is 8.08. The molecule has 1 aromatic carbocycles. The Hall–Kier alpha value is -1.47. The van der Waals surface area contributed by atoms with Crippen LogP contribution >= 0.6 is 15.9 Å². The molecule has 0 bridgehead atoms. The lowest BCUT2D eigenvalue weighted by atomic mass is 10.1. The molecule has 0 unspecified atom stereocenters. The van der Waals surface area contributed by atoms with E-state index in [0.717, 1.165) is 0 Å². The molecule has 3 nitrogen and oxygen atoms in total. The van der Waals surface area contributed by atoms with Crippen molar-refractivity contribution in [3.05, 3.63) is 29.3 Å². The number of carbonyl (C=O) groups is 1. The Labute approximate surface area is 96.2 Å². The van der Waals surface area contributed by atoms with Crippen LogP contribution in [0.25, 0.3) is 0 Å². The molecule has 0 amide bonds. The molecule has 1 aromatic rings. The van der Waals surface area contributed by atoms with Gasteiger partial charge in [-0.3, -0.25) is 0 Å². The highest BCUT2D eigenvalue weighted by Gasteiger charge is 2.14. The van der Waals surface area contributed by atoms with Gasteiger partial charge in [-0.1, -0.05) is 33.8 Å². The second-order valence-electron chi connectivity index (χ2n) is 2.62. The second-order valence-corrected chi connectivity index (χ2v) is 3.18. The van der Waals surface area contributed by atoms with Crippen LogP contribution in [0.3, 0.4) is 0 Å². The van der Waals surface area contributed by atoms with Gasteiger partial charge in [0.15, 0.2) is 0 Å². The molecule has 78 valence electrons. The number of hydrogen-bond acceptors (Lipinski definition) is 2. The smallest absolute Gasteiger partial charge is 0.340 e. The van der Waals surface area contributed by atoms with Crippen LogP contribution in [0, 0.1) is 11.8 Å². The fourth-order valence-electron chi connectivity index (χ4n) is 1.15. The van der Waals surface area contributed by atoms with Crippen molar-refractivity contribution in [2.45, 2.75) is 0 Å². The summed E-state index contributed by atoms with van der Waals surface area (Å²) in [6, 6.07) is 4.97. The Balaban J connectivity index is 3.31. The van der Waals surface area contributed by atoms with Gasteiger partial charge in [-0.2, -0.15) is 0 Å². The molecule has 0 aliphatic rings. The van der Waals surface area contributed by atoms with Crippen molar-refractivity contribution < 1.29 is 14.6 Å². The summed E-state index contributed by atoms with van der Waals surface area (Å²) in [7, 11) is 1.43. The van der Waals surface area contributed by atoms with Crippen molar-refractivity contribution >= 4 is 21.9 Å². The summed E-state index contributed by atoms with van der Waals surface area (Å²) in [4.78, 5) is 11.0. The van der Waals surface area contributed by atoms with E-state index in [1.54, 1.807) is 18.2 Å². The van der Waals surface area contributed by atoms with Crippen molar-refractivity contribution in [3.63, 3.8) is 0 Å². The number of hydrogen-bond donors (Lipinski definition) is 1. The summed E-state index contributed by atoms with van der Waals surface area (Å²) in [5.41, 5.74) is 0.565. The first-order valence-electron chi connectivity index (χ1n) is 4.15. The van der Waals surface area contributed by atoms with Gasteiger partial charge < -0.3 is 9.84 Å². The normalized spacial score (nSPS) is 8.93. The highest BCUT2D eigenvalue weighted by molar-refractivity contribution is 9.09. The number of aromatic carboxylic acids is 1. The van der Waals surface area contributed by atoms with E-state index < -0.39 is 5.97 Å². The Morgan fingerprint density at radius 1 is 1.60 bits per heavy atom. The molecule has 0 spiro atoms. The minimum Gasteiger partial charge on any atom is -0.496 e. The number of rotatable bonds is 2. The number of carboxylic acid groups (broad SMARTS) is 1. The van der Waals surface area contributed by atoms with Gasteiger partial charge in [0.25, 0.3) is 0 Å². The largest absolute Gasteiger partial charge is 0.496 e. The molecule has 1 N–H and O–H groups in total.